The molecule has 1 saturated heterocycles. The zero-order chi connectivity index (χ0) is 5.98. The summed E-state index contributed by atoms with van der Waals surface area (Å²) in [6.07, 6.45) is 0.0384. The highest BCUT2D eigenvalue weighted by Crippen LogP contribution is 2.10. The summed E-state index contributed by atoms with van der Waals surface area (Å²) in [7, 11) is 0. The third-order valence-electron chi connectivity index (χ3n) is 0.737. The molecular formula is C3H5IO3S. The first-order valence-corrected chi connectivity index (χ1v) is 4.63. The van der Waals surface area contributed by atoms with E-state index in [0.29, 0.717) is 6.61 Å². The van der Waals surface area contributed by atoms with E-state index in [0.717, 1.165) is 4.43 Å². The van der Waals surface area contributed by atoms with Crippen LogP contribution in [-0.4, -0.2) is 21.3 Å². The van der Waals surface area contributed by atoms with E-state index in [2.05, 4.69) is 26.8 Å². The fraction of sp³-hybridized carbons (Fsp3) is 1.00. The van der Waals surface area contributed by atoms with Crippen LogP contribution in [0.1, 0.15) is 0 Å². The molecule has 1 fully saturated rings. The topological polar surface area (TPSA) is 35.5 Å². The molecular weight excluding hydrogens is 243 g/mol. The Morgan fingerprint density at radius 3 is 2.88 bits per heavy atom. The molecule has 0 spiro atoms. The highest BCUT2D eigenvalue weighted by molar-refractivity contribution is 14.1. The van der Waals surface area contributed by atoms with Crippen molar-refractivity contribution in [2.24, 2.45) is 0 Å². The van der Waals surface area contributed by atoms with E-state index in [1.165, 1.54) is 0 Å². The highest BCUT2D eigenvalue weighted by Gasteiger charge is 2.21. The lowest BCUT2D eigenvalue weighted by atomic mass is 10.5. The summed E-state index contributed by atoms with van der Waals surface area (Å²) in [6.45, 7) is 0.468. The lowest BCUT2D eigenvalue weighted by molar-refractivity contribution is 0.270. The molecule has 3 nitrogen and oxygen atoms in total. The molecule has 0 aliphatic carbocycles. The van der Waals surface area contributed by atoms with Crippen molar-refractivity contribution in [3.05, 3.63) is 0 Å². The quantitative estimate of drug-likeness (QED) is 0.498. The van der Waals surface area contributed by atoms with Gasteiger partial charge in [-0.15, -0.1) is 0 Å². The Morgan fingerprint density at radius 2 is 2.62 bits per heavy atom. The first-order chi connectivity index (χ1) is 3.83. The average molecular weight is 248 g/mol. The Balaban J connectivity index is 2.32. The van der Waals surface area contributed by atoms with Gasteiger partial charge >= 0.3 is 11.4 Å². The van der Waals surface area contributed by atoms with Crippen molar-refractivity contribution in [3.8, 4) is 0 Å². The van der Waals surface area contributed by atoms with Gasteiger partial charge in [0.25, 0.3) is 0 Å². The molecule has 1 aliphatic rings. The molecule has 5 heteroatoms. The third kappa shape index (κ3) is 1.64. The molecule has 0 aromatic carbocycles. The van der Waals surface area contributed by atoms with Crippen LogP contribution in [0.2, 0.25) is 0 Å². The summed E-state index contributed by atoms with van der Waals surface area (Å²) in [5.41, 5.74) is 0. The van der Waals surface area contributed by atoms with Gasteiger partial charge in [-0.05, 0) is 0 Å². The number of hydrogen-bond donors (Lipinski definition) is 0. The second-order valence-electron chi connectivity index (χ2n) is 1.36. The van der Waals surface area contributed by atoms with Crippen molar-refractivity contribution in [2.45, 2.75) is 6.10 Å². The number of alkyl halides is 1. The van der Waals surface area contributed by atoms with Crippen LogP contribution < -0.4 is 0 Å². The zero-order valence-electron chi connectivity index (χ0n) is 4.00. The largest absolute Gasteiger partial charge is 0.305 e. The van der Waals surface area contributed by atoms with Crippen molar-refractivity contribution >= 4 is 34.0 Å². The van der Waals surface area contributed by atoms with Gasteiger partial charge in [-0.2, -0.15) is 4.21 Å². The smallest absolute Gasteiger partial charge is 0.266 e. The molecule has 0 N–H and O–H groups in total. The fourth-order valence-corrected chi connectivity index (χ4v) is 1.71. The minimum Gasteiger partial charge on any atom is -0.266 e. The van der Waals surface area contributed by atoms with Crippen molar-refractivity contribution in [1.82, 2.24) is 0 Å². The molecule has 8 heavy (non-hydrogen) atoms. The van der Waals surface area contributed by atoms with Crippen LogP contribution in [0.4, 0.5) is 0 Å². The summed E-state index contributed by atoms with van der Waals surface area (Å²) in [5, 5.41) is 0. The predicted octanol–water partition coefficient (Wildman–Crippen LogP) is 0.416. The van der Waals surface area contributed by atoms with E-state index in [1.807, 2.05) is 0 Å². The standard InChI is InChI=1S/C3H5IO3S/c4-1-3-2-6-8(5)7-3/h3H,1-2H2. The summed E-state index contributed by atoms with van der Waals surface area (Å²) in [4.78, 5) is 0. The highest BCUT2D eigenvalue weighted by atomic mass is 127. The molecule has 0 aromatic heterocycles. The first-order valence-electron chi connectivity index (χ1n) is 2.11. The normalized spacial score (nSPS) is 38.1. The molecule has 1 aliphatic heterocycles. The molecule has 0 bridgehead atoms. The van der Waals surface area contributed by atoms with E-state index in [4.69, 9.17) is 4.18 Å². The van der Waals surface area contributed by atoms with Gasteiger partial charge in [0.1, 0.15) is 6.10 Å². The molecule has 0 aromatic rings. The SMILES string of the molecule is O=S1OCC(CI)O1. The van der Waals surface area contributed by atoms with Gasteiger partial charge in [0.05, 0.1) is 6.61 Å². The second kappa shape index (κ2) is 3.09. The van der Waals surface area contributed by atoms with E-state index >= 15 is 0 Å². The first kappa shape index (κ1) is 6.91. The van der Waals surface area contributed by atoms with E-state index < -0.39 is 11.4 Å². The Morgan fingerprint density at radius 1 is 1.88 bits per heavy atom. The van der Waals surface area contributed by atoms with Gasteiger partial charge in [-0.25, -0.2) is 0 Å². The maximum Gasteiger partial charge on any atom is 0.305 e. The van der Waals surface area contributed by atoms with Crippen LogP contribution in [0.5, 0.6) is 0 Å². The summed E-state index contributed by atoms with van der Waals surface area (Å²) >= 11 is 0.702. The lowest BCUT2D eigenvalue weighted by Gasteiger charge is -1.94. The van der Waals surface area contributed by atoms with Crippen LogP contribution in [0.25, 0.3) is 0 Å². The minimum atomic E-state index is -1.46. The fourth-order valence-electron chi connectivity index (χ4n) is 0.368. The minimum absolute atomic E-state index is 0.0384. The third-order valence-corrected chi connectivity index (χ3v) is 2.48. The Labute approximate surface area is 63.7 Å². The lowest BCUT2D eigenvalue weighted by Crippen LogP contribution is -2.09. The van der Waals surface area contributed by atoms with Crippen molar-refractivity contribution in [1.29, 1.82) is 0 Å². The van der Waals surface area contributed by atoms with Gasteiger partial charge in [0, 0.05) is 4.43 Å². The Bertz CT molecular complexity index is 107. The summed E-state index contributed by atoms with van der Waals surface area (Å²) in [6, 6.07) is 0. The number of rotatable bonds is 1. The van der Waals surface area contributed by atoms with Crippen LogP contribution in [0, 0.1) is 0 Å². The van der Waals surface area contributed by atoms with Crippen LogP contribution in [0.3, 0.4) is 0 Å². The van der Waals surface area contributed by atoms with Gasteiger partial charge in [0.15, 0.2) is 0 Å². The Kier molecular flexibility index (Phi) is 2.67. The molecule has 0 radical (unpaired) electrons. The maximum absolute atomic E-state index is 10.3. The van der Waals surface area contributed by atoms with E-state index in [9.17, 15) is 4.21 Å². The van der Waals surface area contributed by atoms with Crippen molar-refractivity contribution < 1.29 is 12.6 Å². The number of hydrogen-bond acceptors (Lipinski definition) is 3. The molecule has 0 saturated carbocycles. The summed E-state index contributed by atoms with van der Waals surface area (Å²) < 4.78 is 20.5. The molecule has 1 rings (SSSR count). The Hall–Kier alpha value is 0.800. The van der Waals surface area contributed by atoms with Gasteiger partial charge in [0.2, 0.25) is 0 Å². The van der Waals surface area contributed by atoms with Crippen molar-refractivity contribution in [3.63, 3.8) is 0 Å². The van der Waals surface area contributed by atoms with Gasteiger partial charge in [-0.1, -0.05) is 22.6 Å². The summed E-state index contributed by atoms with van der Waals surface area (Å²) in [5.74, 6) is 0. The maximum atomic E-state index is 10.3. The molecule has 2 atom stereocenters. The van der Waals surface area contributed by atoms with Crippen LogP contribution in [-0.2, 0) is 19.7 Å². The monoisotopic (exact) mass is 248 g/mol. The molecule has 2 unspecified atom stereocenters. The van der Waals surface area contributed by atoms with Crippen LogP contribution in [0.15, 0.2) is 0 Å². The van der Waals surface area contributed by atoms with Crippen LogP contribution >= 0.6 is 22.6 Å². The second-order valence-corrected chi connectivity index (χ2v) is 3.08. The predicted molar refractivity (Wildman–Crippen MR) is 37.9 cm³/mol. The van der Waals surface area contributed by atoms with E-state index in [-0.39, 0.29) is 6.10 Å². The molecule has 0 amide bonds. The van der Waals surface area contributed by atoms with E-state index in [1.54, 1.807) is 0 Å². The van der Waals surface area contributed by atoms with Crippen molar-refractivity contribution in [2.75, 3.05) is 11.0 Å². The molecule has 48 valence electrons. The zero-order valence-corrected chi connectivity index (χ0v) is 6.98. The van der Waals surface area contributed by atoms with Gasteiger partial charge < -0.3 is 0 Å². The number of halogens is 1. The average Bonchev–Trinajstić information content (AvgIpc) is 2.14. The van der Waals surface area contributed by atoms with Gasteiger partial charge in [-0.3, -0.25) is 8.37 Å². The molecule has 1 heterocycles.